The lowest BCUT2D eigenvalue weighted by molar-refractivity contribution is 0.171. The lowest BCUT2D eigenvalue weighted by atomic mass is 10.2. The molecular formula is C17H17N3O4S. The van der Waals surface area contributed by atoms with E-state index in [1.54, 1.807) is 18.2 Å². The predicted molar refractivity (Wildman–Crippen MR) is 93.4 cm³/mol. The number of sulfonamides is 1. The highest BCUT2D eigenvalue weighted by Crippen LogP contribution is 2.34. The third-order valence-corrected chi connectivity index (χ3v) is 5.86. The van der Waals surface area contributed by atoms with E-state index in [-0.39, 0.29) is 4.90 Å². The molecule has 8 heteroatoms. The third kappa shape index (κ3) is 2.73. The molecule has 25 heavy (non-hydrogen) atoms. The smallest absolute Gasteiger partial charge is 0.242 e. The number of hydrogen-bond acceptors (Lipinski definition) is 5. The van der Waals surface area contributed by atoms with E-state index in [0.717, 1.165) is 5.56 Å². The van der Waals surface area contributed by atoms with Crippen molar-refractivity contribution in [3.63, 3.8) is 0 Å². The van der Waals surface area contributed by atoms with Crippen LogP contribution in [0, 0.1) is 0 Å². The highest BCUT2D eigenvalue weighted by molar-refractivity contribution is 7.89. The van der Waals surface area contributed by atoms with Crippen molar-refractivity contribution in [2.75, 3.05) is 27.3 Å². The lowest BCUT2D eigenvalue weighted by Crippen LogP contribution is -2.22. The number of aromatic nitrogens is 2. The second kappa shape index (κ2) is 5.75. The van der Waals surface area contributed by atoms with E-state index >= 15 is 0 Å². The van der Waals surface area contributed by atoms with E-state index in [9.17, 15) is 8.42 Å². The fourth-order valence-corrected chi connectivity index (χ4v) is 3.62. The Morgan fingerprint density at radius 3 is 2.56 bits per heavy atom. The normalized spacial score (nSPS) is 14.2. The van der Waals surface area contributed by atoms with Gasteiger partial charge in [-0.15, -0.1) is 0 Å². The number of nitrogens with one attached hydrogen (secondary N) is 1. The van der Waals surface area contributed by atoms with Crippen molar-refractivity contribution in [1.29, 1.82) is 0 Å². The first-order chi connectivity index (χ1) is 11.9. The van der Waals surface area contributed by atoms with Crippen molar-refractivity contribution in [3.8, 4) is 22.9 Å². The summed E-state index contributed by atoms with van der Waals surface area (Å²) in [6, 6.07) is 10.5. The van der Waals surface area contributed by atoms with E-state index in [2.05, 4.69) is 9.97 Å². The van der Waals surface area contributed by atoms with Gasteiger partial charge in [-0.1, -0.05) is 0 Å². The van der Waals surface area contributed by atoms with E-state index in [1.807, 2.05) is 18.2 Å². The Labute approximate surface area is 145 Å². The van der Waals surface area contributed by atoms with Crippen LogP contribution in [0.2, 0.25) is 0 Å². The number of imidazole rings is 1. The van der Waals surface area contributed by atoms with Crippen molar-refractivity contribution < 1.29 is 17.9 Å². The summed E-state index contributed by atoms with van der Waals surface area (Å²) in [5, 5.41) is 0. The van der Waals surface area contributed by atoms with E-state index in [1.165, 1.54) is 18.4 Å². The number of rotatable bonds is 3. The van der Waals surface area contributed by atoms with Crippen LogP contribution in [0.5, 0.6) is 11.5 Å². The van der Waals surface area contributed by atoms with Gasteiger partial charge >= 0.3 is 0 Å². The molecule has 0 bridgehead atoms. The summed E-state index contributed by atoms with van der Waals surface area (Å²) in [5.74, 6) is 2.04. The average Bonchev–Trinajstić information content (AvgIpc) is 3.04. The van der Waals surface area contributed by atoms with Gasteiger partial charge in [0.1, 0.15) is 19.0 Å². The summed E-state index contributed by atoms with van der Waals surface area (Å²) in [6.45, 7) is 1.06. The zero-order valence-electron chi connectivity index (χ0n) is 13.8. The number of fused-ring (bicyclic) bond motifs is 2. The third-order valence-electron chi connectivity index (χ3n) is 4.05. The van der Waals surface area contributed by atoms with Crippen LogP contribution in [0.25, 0.3) is 22.4 Å². The molecule has 0 saturated heterocycles. The molecule has 0 amide bonds. The number of nitrogens with zero attached hydrogens (tertiary/aromatic N) is 2. The van der Waals surface area contributed by atoms with Gasteiger partial charge in [0.05, 0.1) is 15.9 Å². The quantitative estimate of drug-likeness (QED) is 0.775. The van der Waals surface area contributed by atoms with Crippen LogP contribution in [0.4, 0.5) is 0 Å². The maximum atomic E-state index is 12.3. The molecule has 7 nitrogen and oxygen atoms in total. The minimum atomic E-state index is -3.49. The first-order valence-corrected chi connectivity index (χ1v) is 9.21. The first kappa shape index (κ1) is 15.9. The van der Waals surface area contributed by atoms with Crippen LogP contribution < -0.4 is 9.47 Å². The Hall–Kier alpha value is -2.58. The number of aromatic amines is 1. The molecule has 0 atom stereocenters. The van der Waals surface area contributed by atoms with Crippen LogP contribution >= 0.6 is 0 Å². The molecule has 0 unspecified atom stereocenters. The minimum Gasteiger partial charge on any atom is -0.486 e. The summed E-state index contributed by atoms with van der Waals surface area (Å²) in [6.07, 6.45) is 0. The van der Waals surface area contributed by atoms with E-state index in [4.69, 9.17) is 9.47 Å². The van der Waals surface area contributed by atoms with E-state index < -0.39 is 10.0 Å². The van der Waals surface area contributed by atoms with Gasteiger partial charge in [-0.25, -0.2) is 17.7 Å². The second-order valence-corrected chi connectivity index (χ2v) is 8.06. The highest BCUT2D eigenvalue weighted by Gasteiger charge is 2.19. The molecule has 1 aromatic heterocycles. The van der Waals surface area contributed by atoms with Gasteiger partial charge in [0, 0.05) is 19.7 Å². The maximum Gasteiger partial charge on any atom is 0.242 e. The van der Waals surface area contributed by atoms with Gasteiger partial charge in [0.25, 0.3) is 0 Å². The molecule has 0 spiro atoms. The molecule has 4 rings (SSSR count). The molecule has 130 valence electrons. The SMILES string of the molecule is CN(C)S(=O)(=O)c1ccc2nc(-c3ccc4c(c3)OCCO4)[nH]c2c1. The van der Waals surface area contributed by atoms with Crippen LogP contribution in [0.3, 0.4) is 0 Å². The van der Waals surface area contributed by atoms with Crippen molar-refractivity contribution >= 4 is 21.1 Å². The molecule has 0 radical (unpaired) electrons. The molecule has 3 aromatic rings. The fraction of sp³-hybridized carbons (Fsp3) is 0.235. The van der Waals surface area contributed by atoms with Gasteiger partial charge < -0.3 is 14.5 Å². The zero-order chi connectivity index (χ0) is 17.6. The Bertz CT molecular complexity index is 1060. The molecule has 2 heterocycles. The van der Waals surface area contributed by atoms with Gasteiger partial charge in [-0.05, 0) is 36.4 Å². The summed E-state index contributed by atoms with van der Waals surface area (Å²) in [5.41, 5.74) is 2.20. The summed E-state index contributed by atoms with van der Waals surface area (Å²) >= 11 is 0. The number of ether oxygens (including phenoxy) is 2. The molecule has 0 saturated carbocycles. The standard InChI is InChI=1S/C17H17N3O4S/c1-20(2)25(21,22)12-4-5-13-14(10-12)19-17(18-13)11-3-6-15-16(9-11)24-8-7-23-15/h3-6,9-10H,7-8H2,1-2H3,(H,18,19). The van der Waals surface area contributed by atoms with Crippen molar-refractivity contribution in [3.05, 3.63) is 36.4 Å². The van der Waals surface area contributed by atoms with Gasteiger partial charge in [0.15, 0.2) is 11.5 Å². The summed E-state index contributed by atoms with van der Waals surface area (Å²) < 4.78 is 36.9. The van der Waals surface area contributed by atoms with Crippen LogP contribution in [-0.2, 0) is 10.0 Å². The predicted octanol–water partition coefficient (Wildman–Crippen LogP) is 2.25. The molecule has 1 aliphatic rings. The summed E-state index contributed by atoms with van der Waals surface area (Å²) in [4.78, 5) is 7.94. The number of benzene rings is 2. The Balaban J connectivity index is 1.77. The van der Waals surface area contributed by atoms with Crippen LogP contribution in [-0.4, -0.2) is 50.0 Å². The lowest BCUT2D eigenvalue weighted by Gasteiger charge is -2.18. The molecular weight excluding hydrogens is 342 g/mol. The minimum absolute atomic E-state index is 0.224. The maximum absolute atomic E-state index is 12.3. The first-order valence-electron chi connectivity index (χ1n) is 7.77. The largest absolute Gasteiger partial charge is 0.486 e. The van der Waals surface area contributed by atoms with Crippen molar-refractivity contribution in [2.45, 2.75) is 4.90 Å². The van der Waals surface area contributed by atoms with Gasteiger partial charge in [0.2, 0.25) is 10.0 Å². The van der Waals surface area contributed by atoms with Crippen LogP contribution in [0.1, 0.15) is 0 Å². The van der Waals surface area contributed by atoms with Gasteiger partial charge in [-0.3, -0.25) is 0 Å². The van der Waals surface area contributed by atoms with Crippen molar-refractivity contribution in [2.24, 2.45) is 0 Å². The van der Waals surface area contributed by atoms with Crippen molar-refractivity contribution in [1.82, 2.24) is 14.3 Å². The van der Waals surface area contributed by atoms with Gasteiger partial charge in [-0.2, -0.15) is 0 Å². The molecule has 0 aliphatic carbocycles. The Morgan fingerprint density at radius 2 is 1.80 bits per heavy atom. The topological polar surface area (TPSA) is 84.5 Å². The molecule has 0 fully saturated rings. The zero-order valence-corrected chi connectivity index (χ0v) is 14.6. The highest BCUT2D eigenvalue weighted by atomic mass is 32.2. The molecule has 1 N–H and O–H groups in total. The van der Waals surface area contributed by atoms with E-state index in [0.29, 0.717) is 41.6 Å². The fourth-order valence-electron chi connectivity index (χ4n) is 2.69. The monoisotopic (exact) mass is 359 g/mol. The Morgan fingerprint density at radius 1 is 1.04 bits per heavy atom. The molecule has 2 aromatic carbocycles. The van der Waals surface area contributed by atoms with Crippen LogP contribution in [0.15, 0.2) is 41.3 Å². The number of hydrogen-bond donors (Lipinski definition) is 1. The number of H-pyrrole nitrogens is 1. The Kier molecular flexibility index (Phi) is 3.66. The second-order valence-electron chi connectivity index (χ2n) is 5.91. The summed E-state index contributed by atoms with van der Waals surface area (Å²) in [7, 11) is -0.473. The average molecular weight is 359 g/mol. The molecule has 1 aliphatic heterocycles.